The summed E-state index contributed by atoms with van der Waals surface area (Å²) in [4.78, 5) is 4.19. The molecule has 0 fully saturated rings. The van der Waals surface area contributed by atoms with Gasteiger partial charge in [-0.25, -0.2) is 0 Å². The molecule has 0 aliphatic carbocycles. The van der Waals surface area contributed by atoms with Crippen LogP contribution in [0.4, 0.5) is 0 Å². The summed E-state index contributed by atoms with van der Waals surface area (Å²) in [5.74, 6) is 0.766. The first-order valence-electron chi connectivity index (χ1n) is 6.30. The van der Waals surface area contributed by atoms with Crippen molar-refractivity contribution in [2.24, 2.45) is 5.73 Å². The molecular weight excluding hydrogens is 304 g/mol. The zero-order chi connectivity index (χ0) is 13.7. The van der Waals surface area contributed by atoms with E-state index in [0.717, 1.165) is 27.8 Å². The summed E-state index contributed by atoms with van der Waals surface area (Å²) in [7, 11) is 0. The summed E-state index contributed by atoms with van der Waals surface area (Å²) in [6.45, 7) is 2.76. The van der Waals surface area contributed by atoms with Crippen molar-refractivity contribution >= 4 is 15.9 Å². The molecule has 100 valence electrons. The van der Waals surface area contributed by atoms with Crippen LogP contribution in [0.2, 0.25) is 0 Å². The van der Waals surface area contributed by atoms with Crippen molar-refractivity contribution in [1.82, 2.24) is 4.98 Å². The lowest BCUT2D eigenvalue weighted by atomic mass is 10.0. The molecule has 0 radical (unpaired) electrons. The monoisotopic (exact) mass is 320 g/mol. The normalized spacial score (nSPS) is 12.2. The van der Waals surface area contributed by atoms with Crippen molar-refractivity contribution < 1.29 is 4.74 Å². The van der Waals surface area contributed by atoms with Gasteiger partial charge in [-0.05, 0) is 29.7 Å². The van der Waals surface area contributed by atoms with E-state index in [-0.39, 0.29) is 6.04 Å². The van der Waals surface area contributed by atoms with E-state index in [0.29, 0.717) is 6.61 Å². The Morgan fingerprint density at radius 1 is 1.32 bits per heavy atom. The van der Waals surface area contributed by atoms with Gasteiger partial charge in [-0.15, -0.1) is 0 Å². The molecule has 1 aromatic heterocycles. The number of nitrogens with two attached hydrogens (primary N) is 1. The molecule has 19 heavy (non-hydrogen) atoms. The second-order valence-electron chi connectivity index (χ2n) is 4.30. The van der Waals surface area contributed by atoms with E-state index in [9.17, 15) is 0 Å². The Labute approximate surface area is 121 Å². The van der Waals surface area contributed by atoms with Gasteiger partial charge >= 0.3 is 0 Å². The van der Waals surface area contributed by atoms with Crippen LogP contribution in [0.1, 0.15) is 30.5 Å². The Balaban J connectivity index is 2.24. The maximum atomic E-state index is 6.29. The Kier molecular flexibility index (Phi) is 4.93. The van der Waals surface area contributed by atoms with E-state index in [2.05, 4.69) is 27.8 Å². The van der Waals surface area contributed by atoms with Gasteiger partial charge < -0.3 is 10.5 Å². The van der Waals surface area contributed by atoms with Gasteiger partial charge in [0.25, 0.3) is 0 Å². The lowest BCUT2D eigenvalue weighted by molar-refractivity contribution is 0.315. The second-order valence-corrected chi connectivity index (χ2v) is 5.16. The van der Waals surface area contributed by atoms with Crippen LogP contribution in [-0.2, 0) is 0 Å². The Bertz CT molecular complexity index is 545. The van der Waals surface area contributed by atoms with Gasteiger partial charge in [0, 0.05) is 10.7 Å². The van der Waals surface area contributed by atoms with E-state index >= 15 is 0 Å². The fraction of sp³-hybridized carbons (Fsp3) is 0.267. The van der Waals surface area contributed by atoms with E-state index in [1.807, 2.05) is 30.3 Å². The van der Waals surface area contributed by atoms with E-state index in [1.165, 1.54) is 0 Å². The third kappa shape index (κ3) is 3.55. The maximum Gasteiger partial charge on any atom is 0.137 e. The summed E-state index contributed by atoms with van der Waals surface area (Å²) in [5.41, 5.74) is 8.27. The van der Waals surface area contributed by atoms with Gasteiger partial charge in [0.05, 0.1) is 18.8 Å². The smallest absolute Gasteiger partial charge is 0.137 e. The topological polar surface area (TPSA) is 48.1 Å². The minimum Gasteiger partial charge on any atom is -0.492 e. The number of pyridine rings is 1. The zero-order valence-corrected chi connectivity index (χ0v) is 12.4. The Morgan fingerprint density at radius 2 is 2.11 bits per heavy atom. The van der Waals surface area contributed by atoms with Crippen molar-refractivity contribution in [2.45, 2.75) is 19.4 Å². The highest BCUT2D eigenvalue weighted by molar-refractivity contribution is 9.10. The molecule has 1 unspecified atom stereocenters. The van der Waals surface area contributed by atoms with Crippen molar-refractivity contribution in [3.05, 3.63) is 58.3 Å². The van der Waals surface area contributed by atoms with Gasteiger partial charge in [0.1, 0.15) is 5.75 Å². The SMILES string of the molecule is CCCOc1cncc(C(N)c2ccccc2Br)c1. The van der Waals surface area contributed by atoms with Crippen molar-refractivity contribution in [1.29, 1.82) is 0 Å². The molecule has 4 heteroatoms. The number of benzene rings is 1. The molecule has 0 bridgehead atoms. The predicted molar refractivity (Wildman–Crippen MR) is 80.2 cm³/mol. The zero-order valence-electron chi connectivity index (χ0n) is 10.8. The summed E-state index contributed by atoms with van der Waals surface area (Å²) in [6, 6.07) is 9.68. The third-order valence-electron chi connectivity index (χ3n) is 2.81. The van der Waals surface area contributed by atoms with Crippen LogP contribution < -0.4 is 10.5 Å². The lowest BCUT2D eigenvalue weighted by Gasteiger charge is -2.15. The molecule has 0 amide bonds. The predicted octanol–water partition coefficient (Wildman–Crippen LogP) is 3.68. The standard InChI is InChI=1S/C15H17BrN2O/c1-2-7-19-12-8-11(9-18-10-12)15(17)13-5-3-4-6-14(13)16/h3-6,8-10,15H,2,7,17H2,1H3. The van der Waals surface area contributed by atoms with Gasteiger partial charge in [-0.3, -0.25) is 4.98 Å². The molecule has 0 saturated carbocycles. The Hall–Kier alpha value is -1.39. The number of nitrogens with zero attached hydrogens (tertiary/aromatic N) is 1. The molecule has 1 aromatic carbocycles. The van der Waals surface area contributed by atoms with Crippen LogP contribution in [0.25, 0.3) is 0 Å². The highest BCUT2D eigenvalue weighted by atomic mass is 79.9. The van der Waals surface area contributed by atoms with Gasteiger partial charge in [-0.2, -0.15) is 0 Å². The summed E-state index contributed by atoms with van der Waals surface area (Å²) >= 11 is 3.52. The molecule has 1 atom stereocenters. The maximum absolute atomic E-state index is 6.29. The summed E-state index contributed by atoms with van der Waals surface area (Å²) < 4.78 is 6.58. The van der Waals surface area contributed by atoms with Gasteiger partial charge in [-0.1, -0.05) is 41.1 Å². The van der Waals surface area contributed by atoms with Gasteiger partial charge in [0.15, 0.2) is 0 Å². The Morgan fingerprint density at radius 3 is 2.84 bits per heavy atom. The van der Waals surface area contributed by atoms with Crippen LogP contribution >= 0.6 is 15.9 Å². The minimum absolute atomic E-state index is 0.215. The van der Waals surface area contributed by atoms with Crippen LogP contribution in [-0.4, -0.2) is 11.6 Å². The molecule has 1 heterocycles. The first-order valence-corrected chi connectivity index (χ1v) is 7.09. The van der Waals surface area contributed by atoms with Crippen molar-refractivity contribution in [3.63, 3.8) is 0 Å². The highest BCUT2D eigenvalue weighted by Gasteiger charge is 2.12. The number of hydrogen-bond acceptors (Lipinski definition) is 3. The molecule has 0 saturated heterocycles. The van der Waals surface area contributed by atoms with Gasteiger partial charge in [0.2, 0.25) is 0 Å². The molecule has 2 aromatic rings. The summed E-state index contributed by atoms with van der Waals surface area (Å²) in [5, 5.41) is 0. The molecule has 2 rings (SSSR count). The van der Waals surface area contributed by atoms with Crippen LogP contribution in [0.5, 0.6) is 5.75 Å². The molecule has 0 spiro atoms. The van der Waals surface area contributed by atoms with Crippen LogP contribution in [0.3, 0.4) is 0 Å². The lowest BCUT2D eigenvalue weighted by Crippen LogP contribution is -2.13. The fourth-order valence-corrected chi connectivity index (χ4v) is 2.34. The highest BCUT2D eigenvalue weighted by Crippen LogP contribution is 2.27. The largest absolute Gasteiger partial charge is 0.492 e. The first-order chi connectivity index (χ1) is 9.22. The average molecular weight is 321 g/mol. The van der Waals surface area contributed by atoms with Crippen molar-refractivity contribution in [3.8, 4) is 5.75 Å². The van der Waals surface area contributed by atoms with Crippen LogP contribution in [0, 0.1) is 0 Å². The number of halogens is 1. The molecule has 3 nitrogen and oxygen atoms in total. The van der Waals surface area contributed by atoms with E-state index in [1.54, 1.807) is 12.4 Å². The average Bonchev–Trinajstić information content (AvgIpc) is 2.45. The minimum atomic E-state index is -0.215. The number of aromatic nitrogens is 1. The first kappa shape index (κ1) is 14.0. The van der Waals surface area contributed by atoms with E-state index < -0.39 is 0 Å². The number of ether oxygens (including phenoxy) is 1. The third-order valence-corrected chi connectivity index (χ3v) is 3.53. The fourth-order valence-electron chi connectivity index (χ4n) is 1.81. The molecular formula is C15H17BrN2O. The second kappa shape index (κ2) is 6.68. The molecule has 0 aliphatic rings. The number of rotatable bonds is 5. The van der Waals surface area contributed by atoms with Crippen LogP contribution in [0.15, 0.2) is 47.2 Å². The number of hydrogen-bond donors (Lipinski definition) is 1. The molecule has 0 aliphatic heterocycles. The van der Waals surface area contributed by atoms with E-state index in [4.69, 9.17) is 10.5 Å². The quantitative estimate of drug-likeness (QED) is 0.914. The van der Waals surface area contributed by atoms with Crippen molar-refractivity contribution in [2.75, 3.05) is 6.61 Å². The summed E-state index contributed by atoms with van der Waals surface area (Å²) in [6.07, 6.45) is 4.47. The molecule has 2 N–H and O–H groups in total.